The fraction of sp³-hybridized carbons (Fsp3) is 0.836. The normalized spacial score (nSPS) is 12.2. The van der Waals surface area contributed by atoms with E-state index in [-0.39, 0.29) is 31.1 Å². The number of rotatable bonds is 48. The summed E-state index contributed by atoms with van der Waals surface area (Å²) in [4.78, 5) is 38.0. The van der Waals surface area contributed by atoms with Gasteiger partial charge in [-0.25, -0.2) is 0 Å². The third-order valence-electron chi connectivity index (χ3n) is 11.6. The molecule has 0 aliphatic carbocycles. The predicted octanol–water partition coefficient (Wildman–Crippen LogP) is 17.3. The Hall–Kier alpha value is -2.37. The van der Waals surface area contributed by atoms with Crippen LogP contribution in [0.2, 0.25) is 0 Å². The fourth-order valence-corrected chi connectivity index (χ4v) is 7.59. The topological polar surface area (TPSA) is 78.9 Å². The summed E-state index contributed by atoms with van der Waals surface area (Å²) < 4.78 is 16.8. The minimum Gasteiger partial charge on any atom is -0.462 e. The van der Waals surface area contributed by atoms with E-state index in [1.54, 1.807) is 0 Å². The van der Waals surface area contributed by atoms with Gasteiger partial charge in [-0.15, -0.1) is 0 Å². The maximum Gasteiger partial charge on any atom is 0.306 e. The molecule has 0 aromatic carbocycles. The third-order valence-corrected chi connectivity index (χ3v) is 11.6. The molecule has 0 aromatic heterocycles. The molecule has 0 fully saturated rings. The van der Waals surface area contributed by atoms with Crippen LogP contribution in [0.1, 0.15) is 278 Å². The molecule has 1 unspecified atom stereocenters. The zero-order valence-corrected chi connectivity index (χ0v) is 40.7. The number of hydrogen-bond donors (Lipinski definition) is 0. The van der Waals surface area contributed by atoms with Crippen molar-refractivity contribution >= 4 is 17.9 Å². The summed E-state index contributed by atoms with van der Waals surface area (Å²) in [7, 11) is 0. The zero-order valence-electron chi connectivity index (χ0n) is 40.7. The number of esters is 3. The first-order chi connectivity index (χ1) is 30.0. The van der Waals surface area contributed by atoms with E-state index in [4.69, 9.17) is 14.2 Å². The average molecular weight is 857 g/mol. The second-order valence-electron chi connectivity index (χ2n) is 17.8. The van der Waals surface area contributed by atoms with Crippen molar-refractivity contribution in [2.75, 3.05) is 13.2 Å². The molecule has 0 rings (SSSR count). The van der Waals surface area contributed by atoms with Gasteiger partial charge in [-0.3, -0.25) is 14.4 Å². The zero-order chi connectivity index (χ0) is 44.4. The Bertz CT molecular complexity index is 1030. The molecule has 0 aromatic rings. The lowest BCUT2D eigenvalue weighted by molar-refractivity contribution is -0.167. The van der Waals surface area contributed by atoms with Crippen LogP contribution in [0.15, 0.2) is 36.5 Å². The van der Waals surface area contributed by atoms with Crippen molar-refractivity contribution in [3.05, 3.63) is 36.5 Å². The molecule has 356 valence electrons. The number of carbonyl (C=O) groups excluding carboxylic acids is 3. The fourth-order valence-electron chi connectivity index (χ4n) is 7.59. The van der Waals surface area contributed by atoms with E-state index in [0.29, 0.717) is 19.3 Å². The third kappa shape index (κ3) is 48.5. The van der Waals surface area contributed by atoms with E-state index in [2.05, 4.69) is 57.2 Å². The number of allylic oxidation sites excluding steroid dienone is 6. The van der Waals surface area contributed by atoms with Crippen molar-refractivity contribution in [2.45, 2.75) is 284 Å². The molecule has 0 saturated carbocycles. The molecular weight excluding hydrogens is 757 g/mol. The van der Waals surface area contributed by atoms with Gasteiger partial charge in [0.15, 0.2) is 6.10 Å². The van der Waals surface area contributed by atoms with E-state index in [1.807, 2.05) is 0 Å². The number of unbranched alkanes of at least 4 members (excludes halogenated alkanes) is 32. The van der Waals surface area contributed by atoms with Crippen LogP contribution in [0.3, 0.4) is 0 Å². The van der Waals surface area contributed by atoms with Crippen LogP contribution in [-0.4, -0.2) is 37.2 Å². The van der Waals surface area contributed by atoms with Gasteiger partial charge in [0.1, 0.15) is 13.2 Å². The van der Waals surface area contributed by atoms with Crippen LogP contribution in [0, 0.1) is 0 Å². The van der Waals surface area contributed by atoms with Gasteiger partial charge in [0.05, 0.1) is 0 Å². The average Bonchev–Trinajstić information content (AvgIpc) is 3.26. The minimum absolute atomic E-state index is 0.0766. The van der Waals surface area contributed by atoms with E-state index in [0.717, 1.165) is 70.6 Å². The molecule has 0 N–H and O–H groups in total. The van der Waals surface area contributed by atoms with Crippen LogP contribution in [0.25, 0.3) is 0 Å². The molecule has 0 heterocycles. The predicted molar refractivity (Wildman–Crippen MR) is 261 cm³/mol. The molecular formula is C55H100O6. The SMILES string of the molecule is CCCC/C=C\CCCCCCCC(=O)OCC(COC(=O)CCCCCCCCCCCCCCCCCCC)OC(=O)CCCCCCCC/C=C\C=C/CCCCC. The highest BCUT2D eigenvalue weighted by Crippen LogP contribution is 2.16. The number of carbonyl (C=O) groups is 3. The molecule has 1 atom stereocenters. The quantitative estimate of drug-likeness (QED) is 0.0199. The highest BCUT2D eigenvalue weighted by molar-refractivity contribution is 5.71. The lowest BCUT2D eigenvalue weighted by Gasteiger charge is -2.18. The monoisotopic (exact) mass is 857 g/mol. The smallest absolute Gasteiger partial charge is 0.306 e. The molecule has 0 radical (unpaired) electrons. The van der Waals surface area contributed by atoms with Crippen molar-refractivity contribution in [3.63, 3.8) is 0 Å². The van der Waals surface area contributed by atoms with E-state index < -0.39 is 6.10 Å². The summed E-state index contributed by atoms with van der Waals surface area (Å²) in [6.45, 7) is 6.58. The summed E-state index contributed by atoms with van der Waals surface area (Å²) in [6.07, 6.45) is 58.4. The Morgan fingerprint density at radius 3 is 1.00 bits per heavy atom. The molecule has 61 heavy (non-hydrogen) atoms. The van der Waals surface area contributed by atoms with Gasteiger partial charge in [0, 0.05) is 19.3 Å². The minimum atomic E-state index is -0.777. The van der Waals surface area contributed by atoms with Gasteiger partial charge in [-0.05, 0) is 64.2 Å². The maximum atomic E-state index is 12.8. The summed E-state index contributed by atoms with van der Waals surface area (Å²) >= 11 is 0. The van der Waals surface area contributed by atoms with Gasteiger partial charge in [0.25, 0.3) is 0 Å². The van der Waals surface area contributed by atoms with Crippen LogP contribution in [0.5, 0.6) is 0 Å². The first kappa shape index (κ1) is 58.6. The van der Waals surface area contributed by atoms with Gasteiger partial charge in [0.2, 0.25) is 0 Å². The lowest BCUT2D eigenvalue weighted by atomic mass is 10.0. The first-order valence-electron chi connectivity index (χ1n) is 26.5. The molecule has 6 heteroatoms. The Labute approximate surface area is 378 Å². The Morgan fingerprint density at radius 2 is 0.607 bits per heavy atom. The van der Waals surface area contributed by atoms with Gasteiger partial charge in [-0.2, -0.15) is 0 Å². The molecule has 0 bridgehead atoms. The second-order valence-corrected chi connectivity index (χ2v) is 17.8. The number of hydrogen-bond acceptors (Lipinski definition) is 6. The standard InChI is InChI=1S/C55H100O6/c1-4-7-10-13-16-19-22-24-26-27-29-30-33-36-39-42-45-48-54(57)60-51-52(50-59-53(56)47-44-41-38-35-32-21-18-15-12-9-6-3)61-55(58)49-46-43-40-37-34-31-28-25-23-20-17-14-11-8-5-2/h15,17-18,20,23,25,52H,4-14,16,19,21-22,24,26-51H2,1-3H3/b18-15-,20-17-,25-23-. The van der Waals surface area contributed by atoms with Crippen molar-refractivity contribution in [3.8, 4) is 0 Å². The highest BCUT2D eigenvalue weighted by atomic mass is 16.6. The molecule has 0 saturated heterocycles. The van der Waals surface area contributed by atoms with E-state index in [9.17, 15) is 14.4 Å². The molecule has 0 aliphatic rings. The summed E-state index contributed by atoms with van der Waals surface area (Å²) in [5.41, 5.74) is 0. The van der Waals surface area contributed by atoms with Crippen molar-refractivity contribution < 1.29 is 28.6 Å². The van der Waals surface area contributed by atoms with Crippen LogP contribution >= 0.6 is 0 Å². The molecule has 6 nitrogen and oxygen atoms in total. The van der Waals surface area contributed by atoms with Gasteiger partial charge >= 0.3 is 17.9 Å². The van der Waals surface area contributed by atoms with E-state index in [1.165, 1.54) is 167 Å². The van der Waals surface area contributed by atoms with Crippen molar-refractivity contribution in [1.82, 2.24) is 0 Å². The van der Waals surface area contributed by atoms with Gasteiger partial charge < -0.3 is 14.2 Å². The van der Waals surface area contributed by atoms with Crippen LogP contribution < -0.4 is 0 Å². The Kier molecular flexibility index (Phi) is 48.3. The van der Waals surface area contributed by atoms with Gasteiger partial charge in [-0.1, -0.05) is 231 Å². The Balaban J connectivity index is 4.34. The molecule has 0 spiro atoms. The highest BCUT2D eigenvalue weighted by Gasteiger charge is 2.19. The summed E-state index contributed by atoms with van der Waals surface area (Å²) in [5.74, 6) is -0.887. The largest absolute Gasteiger partial charge is 0.462 e. The molecule has 0 amide bonds. The molecule has 0 aliphatic heterocycles. The van der Waals surface area contributed by atoms with Crippen LogP contribution in [-0.2, 0) is 28.6 Å². The maximum absolute atomic E-state index is 12.8. The second kappa shape index (κ2) is 50.3. The van der Waals surface area contributed by atoms with E-state index >= 15 is 0 Å². The first-order valence-corrected chi connectivity index (χ1v) is 26.5. The van der Waals surface area contributed by atoms with Crippen LogP contribution in [0.4, 0.5) is 0 Å². The summed E-state index contributed by atoms with van der Waals surface area (Å²) in [5, 5.41) is 0. The Morgan fingerprint density at radius 1 is 0.328 bits per heavy atom. The van der Waals surface area contributed by atoms with Crippen molar-refractivity contribution in [2.24, 2.45) is 0 Å². The number of ether oxygens (including phenoxy) is 3. The lowest BCUT2D eigenvalue weighted by Crippen LogP contribution is -2.30. The van der Waals surface area contributed by atoms with Crippen molar-refractivity contribution in [1.29, 1.82) is 0 Å². The summed E-state index contributed by atoms with van der Waals surface area (Å²) in [6, 6.07) is 0.